The van der Waals surface area contributed by atoms with E-state index < -0.39 is 21.7 Å². The molecule has 38 heavy (non-hydrogen) atoms. The molecule has 1 amide bonds. The molecule has 0 aliphatic rings. The second-order valence-corrected chi connectivity index (χ2v) is 12.4. The zero-order valence-electron chi connectivity index (χ0n) is 23.0. The largest absolute Gasteiger partial charge is 0.495 e. The van der Waals surface area contributed by atoms with Gasteiger partial charge in [-0.3, -0.25) is 4.79 Å². The van der Waals surface area contributed by atoms with Crippen molar-refractivity contribution in [2.45, 2.75) is 76.8 Å². The van der Waals surface area contributed by atoms with Crippen LogP contribution in [-0.4, -0.2) is 57.0 Å². The minimum atomic E-state index is -3.85. The van der Waals surface area contributed by atoms with Gasteiger partial charge in [-0.25, -0.2) is 17.9 Å². The fraction of sp³-hybridized carbons (Fsp3) is 0.500. The van der Waals surface area contributed by atoms with Crippen LogP contribution in [0.3, 0.4) is 0 Å². The number of amides is 1. The van der Waals surface area contributed by atoms with Gasteiger partial charge in [0, 0.05) is 36.1 Å². The molecular formula is C28H39ClN2O6S. The Morgan fingerprint density at radius 2 is 1.74 bits per heavy atom. The highest BCUT2D eigenvalue weighted by atomic mass is 35.5. The topological polar surface area (TPSA) is 102 Å². The zero-order valence-corrected chi connectivity index (χ0v) is 24.6. The molecule has 0 fully saturated rings. The molecule has 0 bridgehead atoms. The van der Waals surface area contributed by atoms with E-state index in [1.165, 1.54) is 19.2 Å². The number of hydrogen-bond acceptors (Lipinski definition) is 6. The van der Waals surface area contributed by atoms with E-state index in [2.05, 4.69) is 4.72 Å². The predicted molar refractivity (Wildman–Crippen MR) is 150 cm³/mol. The number of nitrogens with one attached hydrogen (secondary N) is 1. The monoisotopic (exact) mass is 566 g/mol. The second-order valence-electron chi connectivity index (χ2n) is 10.3. The first-order chi connectivity index (χ1) is 17.7. The number of carbonyl (C=O) groups is 2. The average Bonchev–Trinajstić information content (AvgIpc) is 2.82. The molecule has 0 atom stereocenters. The molecule has 0 heterocycles. The van der Waals surface area contributed by atoms with E-state index >= 15 is 0 Å². The molecule has 0 aromatic heterocycles. The van der Waals surface area contributed by atoms with E-state index in [4.69, 9.17) is 21.1 Å². The Bertz CT molecular complexity index is 1210. The molecule has 2 rings (SSSR count). The van der Waals surface area contributed by atoms with Gasteiger partial charge in [-0.1, -0.05) is 29.8 Å². The molecule has 10 heteroatoms. The zero-order chi connectivity index (χ0) is 28.5. The van der Waals surface area contributed by atoms with Crippen LogP contribution in [0.1, 0.15) is 69.8 Å². The molecule has 0 saturated heterocycles. The van der Waals surface area contributed by atoms with E-state index in [9.17, 15) is 18.0 Å². The minimum Gasteiger partial charge on any atom is -0.495 e. The normalized spacial score (nSPS) is 11.9. The third-order valence-electron chi connectivity index (χ3n) is 5.51. The van der Waals surface area contributed by atoms with Gasteiger partial charge < -0.3 is 14.4 Å². The van der Waals surface area contributed by atoms with Crippen molar-refractivity contribution in [2.75, 3.05) is 20.2 Å². The maximum absolute atomic E-state index is 12.9. The van der Waals surface area contributed by atoms with E-state index in [1.54, 1.807) is 24.8 Å². The summed E-state index contributed by atoms with van der Waals surface area (Å²) in [5.74, 6) is -0.0187. The lowest BCUT2D eigenvalue weighted by Gasteiger charge is -2.27. The smallest absolute Gasteiger partial charge is 0.410 e. The maximum atomic E-state index is 12.9. The van der Waals surface area contributed by atoms with Crippen LogP contribution in [0.25, 0.3) is 0 Å². The number of halogens is 1. The van der Waals surface area contributed by atoms with Gasteiger partial charge in [-0.05, 0) is 83.7 Å². The van der Waals surface area contributed by atoms with Gasteiger partial charge in [0.25, 0.3) is 0 Å². The molecule has 0 aliphatic heterocycles. The van der Waals surface area contributed by atoms with Crippen LogP contribution >= 0.6 is 11.6 Å². The van der Waals surface area contributed by atoms with Crippen molar-refractivity contribution in [1.29, 1.82) is 0 Å². The van der Waals surface area contributed by atoms with Crippen LogP contribution in [0, 0.1) is 0 Å². The van der Waals surface area contributed by atoms with Crippen molar-refractivity contribution in [2.24, 2.45) is 0 Å². The Morgan fingerprint density at radius 3 is 2.34 bits per heavy atom. The number of benzene rings is 2. The van der Waals surface area contributed by atoms with Crippen molar-refractivity contribution in [1.82, 2.24) is 9.62 Å². The number of rotatable bonds is 13. The summed E-state index contributed by atoms with van der Waals surface area (Å²) in [6.07, 6.45) is 1.45. The molecule has 8 nitrogen and oxygen atoms in total. The van der Waals surface area contributed by atoms with Gasteiger partial charge in [-0.15, -0.1) is 0 Å². The first-order valence-electron chi connectivity index (χ1n) is 12.7. The molecule has 2 aromatic carbocycles. The summed E-state index contributed by atoms with van der Waals surface area (Å²) in [5, 5.41) is 0.645. The summed E-state index contributed by atoms with van der Waals surface area (Å²) < 4.78 is 38.7. The first kappa shape index (κ1) is 31.6. The van der Waals surface area contributed by atoms with Gasteiger partial charge in [0.15, 0.2) is 5.78 Å². The van der Waals surface area contributed by atoms with Crippen LogP contribution in [-0.2, 0) is 21.2 Å². The molecule has 0 saturated carbocycles. The minimum absolute atomic E-state index is 0.0739. The lowest BCUT2D eigenvalue weighted by Crippen LogP contribution is -2.38. The summed E-state index contributed by atoms with van der Waals surface area (Å²) in [6, 6.07) is 11.6. The molecule has 0 radical (unpaired) electrons. The van der Waals surface area contributed by atoms with Gasteiger partial charge in [-0.2, -0.15) is 0 Å². The number of carbonyl (C=O) groups excluding carboxylic acids is 2. The fourth-order valence-electron chi connectivity index (χ4n) is 3.74. The lowest BCUT2D eigenvalue weighted by atomic mass is 10.1. The number of nitrogens with zero attached hydrogens (tertiary/aromatic N) is 1. The number of ether oxygens (including phenoxy) is 2. The highest BCUT2D eigenvalue weighted by molar-refractivity contribution is 7.89. The standard InChI is InChI=1S/C28H39ClN2O6S/c1-20(2)30-38(34,35)26-19-22(14-15-25(26)36-6)24(32)13-9-10-17-31(27(33)37-28(3,4)5)18-16-21-11-7-8-12-23(21)29/h7-8,11-12,14-15,19-20,30H,9-10,13,16-18H2,1-6H3. The van der Waals surface area contributed by atoms with Crippen LogP contribution in [0.15, 0.2) is 47.4 Å². The van der Waals surface area contributed by atoms with E-state index in [0.717, 1.165) is 5.56 Å². The van der Waals surface area contributed by atoms with Gasteiger partial charge in [0.1, 0.15) is 16.2 Å². The quantitative estimate of drug-likeness (QED) is 0.240. The molecule has 0 unspecified atom stereocenters. The molecule has 2 aromatic rings. The van der Waals surface area contributed by atoms with Crippen molar-refractivity contribution >= 4 is 33.5 Å². The Morgan fingerprint density at radius 1 is 1.05 bits per heavy atom. The number of Topliss-reactive ketones (excluding diaryl/α,β-unsaturated/α-hetero) is 1. The number of unbranched alkanes of at least 4 members (excludes halogenated alkanes) is 1. The van der Waals surface area contributed by atoms with Crippen molar-refractivity contribution < 1.29 is 27.5 Å². The van der Waals surface area contributed by atoms with Crippen LogP contribution in [0.2, 0.25) is 5.02 Å². The maximum Gasteiger partial charge on any atom is 0.410 e. The third kappa shape index (κ3) is 9.93. The SMILES string of the molecule is COc1ccc(C(=O)CCCCN(CCc2ccccc2Cl)C(=O)OC(C)(C)C)cc1S(=O)(=O)NC(C)C. The summed E-state index contributed by atoms with van der Waals surface area (Å²) >= 11 is 6.27. The summed E-state index contributed by atoms with van der Waals surface area (Å²) in [7, 11) is -2.46. The number of sulfonamides is 1. The Labute approximate surface area is 231 Å². The Balaban J connectivity index is 2.04. The van der Waals surface area contributed by atoms with Gasteiger partial charge >= 0.3 is 6.09 Å². The third-order valence-corrected chi connectivity index (χ3v) is 7.56. The number of hydrogen-bond donors (Lipinski definition) is 1. The highest BCUT2D eigenvalue weighted by Gasteiger charge is 2.24. The van der Waals surface area contributed by atoms with E-state index in [0.29, 0.717) is 37.4 Å². The number of methoxy groups -OCH3 is 1. The first-order valence-corrected chi connectivity index (χ1v) is 14.5. The Kier molecular flexibility index (Phi) is 11.6. The second kappa shape index (κ2) is 14.0. The summed E-state index contributed by atoms with van der Waals surface area (Å²) in [4.78, 5) is 27.3. The number of ketones is 1. The van der Waals surface area contributed by atoms with Crippen molar-refractivity contribution in [3.05, 3.63) is 58.6 Å². The summed E-state index contributed by atoms with van der Waals surface area (Å²) in [5.41, 5.74) is 0.597. The lowest BCUT2D eigenvalue weighted by molar-refractivity contribution is 0.0249. The van der Waals surface area contributed by atoms with Crippen molar-refractivity contribution in [3.8, 4) is 5.75 Å². The predicted octanol–water partition coefficient (Wildman–Crippen LogP) is 5.87. The van der Waals surface area contributed by atoms with Gasteiger partial charge in [0.2, 0.25) is 10.0 Å². The van der Waals surface area contributed by atoms with Crippen LogP contribution in [0.5, 0.6) is 5.75 Å². The molecule has 1 N–H and O–H groups in total. The van der Waals surface area contributed by atoms with Crippen molar-refractivity contribution in [3.63, 3.8) is 0 Å². The highest BCUT2D eigenvalue weighted by Crippen LogP contribution is 2.26. The van der Waals surface area contributed by atoms with E-state index in [-0.39, 0.29) is 34.5 Å². The fourth-order valence-corrected chi connectivity index (χ4v) is 5.42. The molecule has 0 spiro atoms. The van der Waals surface area contributed by atoms with Crippen LogP contribution in [0.4, 0.5) is 4.79 Å². The average molecular weight is 567 g/mol. The molecular weight excluding hydrogens is 528 g/mol. The molecule has 210 valence electrons. The Hall–Kier alpha value is -2.62. The summed E-state index contributed by atoms with van der Waals surface area (Å²) in [6.45, 7) is 9.71. The van der Waals surface area contributed by atoms with Crippen LogP contribution < -0.4 is 9.46 Å². The van der Waals surface area contributed by atoms with E-state index in [1.807, 2.05) is 45.0 Å². The molecule has 0 aliphatic carbocycles. The van der Waals surface area contributed by atoms with Gasteiger partial charge in [0.05, 0.1) is 7.11 Å².